The fraction of sp³-hybridized carbons (Fsp3) is 0.326. The van der Waals surface area contributed by atoms with Crippen LogP contribution in [0, 0.1) is 13.8 Å². The molecule has 0 aromatic heterocycles. The lowest BCUT2D eigenvalue weighted by molar-refractivity contribution is 0.0809. The van der Waals surface area contributed by atoms with Gasteiger partial charge < -0.3 is 33.6 Å². The molecule has 7 rings (SSSR count). The summed E-state index contributed by atoms with van der Waals surface area (Å²) in [6, 6.07) is 14.9. The highest BCUT2D eigenvalue weighted by molar-refractivity contribution is 6.67. The predicted octanol–water partition coefficient (Wildman–Crippen LogP) is 8.94. The first-order valence-corrected chi connectivity index (χ1v) is 19.9. The highest BCUT2D eigenvalue weighted by Gasteiger charge is 2.34. The largest absolute Gasteiger partial charge is 0.493 e. The number of ether oxygens (including phenoxy) is 4. The summed E-state index contributed by atoms with van der Waals surface area (Å²) >= 11 is 17.0. The van der Waals surface area contributed by atoms with Crippen LogP contribution in [0.1, 0.15) is 56.7 Å². The van der Waals surface area contributed by atoms with Gasteiger partial charge in [-0.2, -0.15) is 0 Å². The maximum absolute atomic E-state index is 13.7. The van der Waals surface area contributed by atoms with E-state index in [1.54, 1.807) is 66.7 Å². The van der Waals surface area contributed by atoms with Gasteiger partial charge in [-0.15, -0.1) is 0 Å². The molecule has 0 saturated carbocycles. The number of allylic oxidation sites excluding steroid dienone is 1. The minimum absolute atomic E-state index is 0.142. The Morgan fingerprint density at radius 1 is 0.862 bits per heavy atom. The van der Waals surface area contributed by atoms with Gasteiger partial charge in [0.15, 0.2) is 11.5 Å². The van der Waals surface area contributed by atoms with Crippen LogP contribution in [0.15, 0.2) is 88.6 Å². The van der Waals surface area contributed by atoms with Crippen molar-refractivity contribution in [1.29, 1.82) is 0 Å². The lowest BCUT2D eigenvalue weighted by Crippen LogP contribution is -2.32. The van der Waals surface area contributed by atoms with E-state index in [9.17, 15) is 14.4 Å². The van der Waals surface area contributed by atoms with Gasteiger partial charge in [-0.1, -0.05) is 76.8 Å². The Morgan fingerprint density at radius 2 is 1.48 bits per heavy atom. The van der Waals surface area contributed by atoms with Crippen LogP contribution in [-0.4, -0.2) is 101 Å². The maximum Gasteiger partial charge on any atom is 0.409 e. The lowest BCUT2D eigenvalue weighted by atomic mass is 10.0. The summed E-state index contributed by atoms with van der Waals surface area (Å²) in [6.45, 7) is 4.51. The molecule has 3 amide bonds. The smallest absolute Gasteiger partial charge is 0.409 e. The van der Waals surface area contributed by atoms with Crippen molar-refractivity contribution in [3.63, 3.8) is 0 Å². The summed E-state index contributed by atoms with van der Waals surface area (Å²) in [4.78, 5) is 53.6. The van der Waals surface area contributed by atoms with Crippen LogP contribution in [0.3, 0.4) is 0 Å². The minimum Gasteiger partial charge on any atom is -0.493 e. The first kappa shape index (κ1) is 40.9. The average molecular weight is 847 g/mol. The third-order valence-electron chi connectivity index (χ3n) is 10.1. The number of alkyl halides is 3. The van der Waals surface area contributed by atoms with Gasteiger partial charge in [0.05, 0.1) is 54.9 Å². The SMILES string of the molecule is COc1cc2c(cc1OCCCOc1cc3c(cc1C)C(=O)N1C=C(/C=C/CN(C)C(=O)OCC(Cl)(Cl)Cl)C[C@H]1C=N3)N=C[C@@H]1CC(c3ccc(C)cc3)=CN1C2=O. The summed E-state index contributed by atoms with van der Waals surface area (Å²) in [5, 5.41) is 0. The van der Waals surface area contributed by atoms with Gasteiger partial charge in [0.2, 0.25) is 3.79 Å². The molecule has 0 radical (unpaired) electrons. The molecule has 4 heterocycles. The number of benzene rings is 3. The number of carbonyl (C=O) groups is 3. The van der Waals surface area contributed by atoms with E-state index in [2.05, 4.69) is 36.2 Å². The molecule has 15 heteroatoms. The van der Waals surface area contributed by atoms with E-state index in [-0.39, 0.29) is 37.0 Å². The van der Waals surface area contributed by atoms with Crippen molar-refractivity contribution >= 4 is 82.1 Å². The standard InChI is InChI=1S/C43H42Cl3N5O7/c1-26-8-10-29(11-9-26)30-17-32-22-48-36-20-39(38(55-4)18-34(36)41(53)51(32)24-30)57-14-6-13-56-37-19-35-33(15-27(37)2)40(52)50-23-28(16-31(50)21-47-35)7-5-12-49(3)42(54)58-25-43(44,45)46/h5,7-11,15,18-24,31-32H,6,12-14,16-17,25H2,1-4H3/b7-5+/t31-,32-/m0/s1. The van der Waals surface area contributed by atoms with Crippen molar-refractivity contribution in [3.8, 4) is 17.2 Å². The molecule has 58 heavy (non-hydrogen) atoms. The molecule has 4 aliphatic rings. The summed E-state index contributed by atoms with van der Waals surface area (Å²) in [5.74, 6) is 1.24. The van der Waals surface area contributed by atoms with Crippen LogP contribution < -0.4 is 14.2 Å². The number of halogens is 3. The van der Waals surface area contributed by atoms with Crippen molar-refractivity contribution in [2.24, 2.45) is 9.98 Å². The number of amides is 3. The minimum atomic E-state index is -1.69. The Hall–Kier alpha value is -5.30. The van der Waals surface area contributed by atoms with E-state index in [0.29, 0.717) is 72.2 Å². The van der Waals surface area contributed by atoms with E-state index in [1.807, 2.05) is 25.4 Å². The van der Waals surface area contributed by atoms with E-state index >= 15 is 0 Å². The Morgan fingerprint density at radius 3 is 2.16 bits per heavy atom. The van der Waals surface area contributed by atoms with Gasteiger partial charge in [-0.3, -0.25) is 19.6 Å². The van der Waals surface area contributed by atoms with Gasteiger partial charge in [-0.25, -0.2) is 4.79 Å². The first-order valence-electron chi connectivity index (χ1n) is 18.7. The van der Waals surface area contributed by atoms with Crippen LogP contribution in [0.4, 0.5) is 16.2 Å². The first-order chi connectivity index (χ1) is 27.8. The topological polar surface area (TPSA) is 123 Å². The third-order valence-corrected chi connectivity index (χ3v) is 10.4. The summed E-state index contributed by atoms with van der Waals surface area (Å²) in [7, 11) is 3.11. The zero-order chi connectivity index (χ0) is 41.1. The molecule has 0 saturated heterocycles. The second-order valence-electron chi connectivity index (χ2n) is 14.4. The Labute approximate surface area is 351 Å². The quantitative estimate of drug-likeness (QED) is 0.132. The number of likely N-dealkylation sites (N-methyl/N-ethyl adjacent to an activating group) is 1. The molecule has 0 N–H and O–H groups in total. The molecule has 0 fully saturated rings. The Kier molecular flexibility index (Phi) is 12.2. The zero-order valence-corrected chi connectivity index (χ0v) is 34.7. The van der Waals surface area contributed by atoms with Crippen molar-refractivity contribution in [1.82, 2.24) is 14.7 Å². The molecule has 0 spiro atoms. The fourth-order valence-corrected chi connectivity index (χ4v) is 7.14. The van der Waals surface area contributed by atoms with Crippen LogP contribution in [0.25, 0.3) is 5.57 Å². The molecule has 4 aliphatic heterocycles. The molecule has 0 aliphatic carbocycles. The summed E-state index contributed by atoms with van der Waals surface area (Å²) < 4.78 is 21.2. The molecule has 3 aromatic carbocycles. The zero-order valence-electron chi connectivity index (χ0n) is 32.4. The predicted molar refractivity (Wildman–Crippen MR) is 226 cm³/mol. The van der Waals surface area contributed by atoms with E-state index in [4.69, 9.17) is 58.7 Å². The molecule has 0 bridgehead atoms. The molecular formula is C43H42Cl3N5O7. The summed E-state index contributed by atoms with van der Waals surface area (Å²) in [5.41, 5.74) is 7.05. The second-order valence-corrected chi connectivity index (χ2v) is 16.9. The van der Waals surface area contributed by atoms with Gasteiger partial charge >= 0.3 is 6.09 Å². The van der Waals surface area contributed by atoms with Crippen molar-refractivity contribution in [3.05, 3.63) is 106 Å². The van der Waals surface area contributed by atoms with Gasteiger partial charge in [0.25, 0.3) is 11.8 Å². The third kappa shape index (κ3) is 9.20. The van der Waals surface area contributed by atoms with Crippen molar-refractivity contribution < 1.29 is 33.3 Å². The fourth-order valence-electron chi connectivity index (χ4n) is 6.98. The van der Waals surface area contributed by atoms with Gasteiger partial charge in [0.1, 0.15) is 12.4 Å². The Bertz CT molecular complexity index is 2260. The van der Waals surface area contributed by atoms with Crippen LogP contribution in [0.5, 0.6) is 17.2 Å². The molecule has 2 atom stereocenters. The number of hydrogen-bond acceptors (Lipinski definition) is 9. The number of nitrogens with zero attached hydrogens (tertiary/aromatic N) is 5. The van der Waals surface area contributed by atoms with Gasteiger partial charge in [0, 0.05) is 63.4 Å². The van der Waals surface area contributed by atoms with Crippen LogP contribution in [0.2, 0.25) is 0 Å². The van der Waals surface area contributed by atoms with Gasteiger partial charge in [-0.05, 0) is 54.7 Å². The average Bonchev–Trinajstić information content (AvgIpc) is 3.76. The Balaban J connectivity index is 0.927. The second kappa shape index (κ2) is 17.3. The van der Waals surface area contributed by atoms with Crippen LogP contribution >= 0.6 is 34.8 Å². The van der Waals surface area contributed by atoms with Crippen molar-refractivity contribution in [2.75, 3.05) is 40.5 Å². The number of rotatable bonds is 12. The normalized spacial score (nSPS) is 18.2. The monoisotopic (exact) mass is 845 g/mol. The highest BCUT2D eigenvalue weighted by atomic mass is 35.6. The van der Waals surface area contributed by atoms with Crippen molar-refractivity contribution in [2.45, 2.75) is 49.0 Å². The molecule has 0 unspecified atom stereocenters. The number of aryl methyl sites for hydroxylation is 2. The van der Waals surface area contributed by atoms with E-state index in [1.165, 1.54) is 10.5 Å². The van der Waals surface area contributed by atoms with Crippen LogP contribution in [-0.2, 0) is 4.74 Å². The number of hydrogen-bond donors (Lipinski definition) is 0. The number of aliphatic imine (C=N–C) groups is 2. The molecule has 302 valence electrons. The lowest BCUT2D eigenvalue weighted by Gasteiger charge is -2.19. The van der Waals surface area contributed by atoms with E-state index in [0.717, 1.165) is 22.3 Å². The maximum atomic E-state index is 13.7. The molecule has 3 aromatic rings. The highest BCUT2D eigenvalue weighted by Crippen LogP contribution is 2.40. The number of fused-ring (bicyclic) bond motifs is 4. The number of carbonyl (C=O) groups excluding carboxylic acids is 3. The summed E-state index contributed by atoms with van der Waals surface area (Å²) in [6.07, 6.45) is 12.1. The number of methoxy groups -OCH3 is 1. The molecular weight excluding hydrogens is 805 g/mol. The van der Waals surface area contributed by atoms with E-state index < -0.39 is 9.89 Å². The molecule has 12 nitrogen and oxygen atoms in total.